The van der Waals surface area contributed by atoms with Gasteiger partial charge in [-0.3, -0.25) is 0 Å². The Morgan fingerprint density at radius 2 is 0.833 bits per heavy atom. The molecule has 0 radical (unpaired) electrons. The number of rotatable bonds is 3. The molecule has 4 heterocycles. The van der Waals surface area contributed by atoms with Crippen molar-refractivity contribution in [2.45, 2.75) is 25.9 Å². The van der Waals surface area contributed by atoms with Crippen molar-refractivity contribution in [1.82, 2.24) is 9.15 Å². The lowest BCUT2D eigenvalue weighted by Gasteiger charge is -2.32. The van der Waals surface area contributed by atoms with Gasteiger partial charge in [-0.2, -0.15) is 9.15 Å². The number of anilines is 4. The molecule has 6 aromatic carbocycles. The number of hydrogen-bond donors (Lipinski definition) is 0. The summed E-state index contributed by atoms with van der Waals surface area (Å²) in [5.41, 5.74) is 22.8. The van der Waals surface area contributed by atoms with Crippen molar-refractivity contribution in [3.8, 4) is 11.1 Å². The van der Waals surface area contributed by atoms with E-state index in [-0.39, 0.29) is 12.1 Å². The summed E-state index contributed by atoms with van der Waals surface area (Å²) in [5.74, 6) is 0. The number of allylic oxidation sites excluding steroid dienone is 4. The van der Waals surface area contributed by atoms with Crippen LogP contribution in [0.2, 0.25) is 0 Å². The van der Waals surface area contributed by atoms with Crippen LogP contribution in [-0.2, 0) is 0 Å². The molecule has 12 rings (SSSR count). The molecule has 0 spiro atoms. The maximum Gasteiger partial charge on any atom is 0.235 e. The van der Waals surface area contributed by atoms with Gasteiger partial charge in [-0.15, -0.1) is 0 Å². The van der Waals surface area contributed by atoms with E-state index < -0.39 is 0 Å². The standard InChI is InChI=1S/C50H36N4/c1-31-29-33(51-43-19-7-9-21-45(43)53-41-17-5-3-13-37(41)39-15-11-23-47(51)49(39)53)25-27-35(31)36-28-26-34(30-32(36)2)52-44-20-8-10-22-46(44)54-42-18-6-4-14-38(42)40-16-12-24-48(52)50(40)54/h3-30,49-50H,1-2H3/q+2. The fraction of sp³-hybridized carbons (Fsp3) is 0.0800. The molecule has 0 bridgehead atoms. The molecule has 4 nitrogen and oxygen atoms in total. The van der Waals surface area contributed by atoms with Gasteiger partial charge in [0.15, 0.2) is 0 Å². The predicted octanol–water partition coefficient (Wildman–Crippen LogP) is 11.5. The van der Waals surface area contributed by atoms with Crippen molar-refractivity contribution >= 4 is 68.1 Å². The normalized spacial score (nSPS) is 19.1. The lowest BCUT2D eigenvalue weighted by molar-refractivity contribution is 0.930. The number of benzene rings is 6. The fourth-order valence-corrected chi connectivity index (χ4v) is 10.0. The van der Waals surface area contributed by atoms with Gasteiger partial charge in [0, 0.05) is 59.7 Å². The average Bonchev–Trinajstić information content (AvgIpc) is 3.74. The first-order chi connectivity index (χ1) is 26.7. The molecule has 0 N–H and O–H groups in total. The summed E-state index contributed by atoms with van der Waals surface area (Å²) >= 11 is 0. The molecular formula is C50H36N4+2. The highest BCUT2D eigenvalue weighted by Gasteiger charge is 2.49. The van der Waals surface area contributed by atoms with Gasteiger partial charge in [0.25, 0.3) is 0 Å². The third-order valence-electron chi connectivity index (χ3n) is 12.2. The monoisotopic (exact) mass is 692 g/mol. The van der Waals surface area contributed by atoms with Crippen LogP contribution in [0.25, 0.3) is 22.3 Å². The van der Waals surface area contributed by atoms with Crippen LogP contribution in [-0.4, -0.2) is 23.5 Å². The molecular weight excluding hydrogens is 657 g/mol. The minimum Gasteiger partial charge on any atom is -0.318 e. The molecule has 54 heavy (non-hydrogen) atoms. The minimum absolute atomic E-state index is 0.144. The van der Waals surface area contributed by atoms with Gasteiger partial charge in [0.1, 0.15) is 23.5 Å². The van der Waals surface area contributed by atoms with Crippen LogP contribution in [0.15, 0.2) is 170 Å². The zero-order valence-corrected chi connectivity index (χ0v) is 30.1. The summed E-state index contributed by atoms with van der Waals surface area (Å²) < 4.78 is 4.96. The van der Waals surface area contributed by atoms with E-state index in [9.17, 15) is 0 Å². The number of aryl methyl sites for hydroxylation is 2. The summed E-state index contributed by atoms with van der Waals surface area (Å²) in [6.07, 6.45) is 13.6. The van der Waals surface area contributed by atoms with Gasteiger partial charge in [-0.1, -0.05) is 85.0 Å². The highest BCUT2D eigenvalue weighted by atomic mass is 15.3. The first-order valence-electron chi connectivity index (χ1n) is 18.9. The molecule has 2 atom stereocenters. The average molecular weight is 693 g/mol. The van der Waals surface area contributed by atoms with Crippen LogP contribution in [0.3, 0.4) is 0 Å². The Morgan fingerprint density at radius 1 is 0.426 bits per heavy atom. The molecule has 0 aromatic heterocycles. The summed E-state index contributed by atoms with van der Waals surface area (Å²) in [4.78, 5) is 5.06. The van der Waals surface area contributed by atoms with E-state index in [1.165, 1.54) is 101 Å². The molecule has 0 fully saturated rings. The summed E-state index contributed by atoms with van der Waals surface area (Å²) in [7, 11) is 0. The predicted molar refractivity (Wildman–Crippen MR) is 226 cm³/mol. The summed E-state index contributed by atoms with van der Waals surface area (Å²) in [6, 6.07) is 49.7. The Labute approximate surface area is 315 Å². The highest BCUT2D eigenvalue weighted by Crippen LogP contribution is 2.54. The Morgan fingerprint density at radius 3 is 1.28 bits per heavy atom. The SMILES string of the molecule is Cc1cc([N+]2=C3C=CC=C4c5ccccc5N(c5ccccc52)C43)ccc1-c1ccc([N+]2=C3C=CC=C4c5ccccc5N(c5ccccc52)C43)cc1C. The summed E-state index contributed by atoms with van der Waals surface area (Å²) in [6.45, 7) is 4.52. The molecule has 6 aromatic rings. The summed E-state index contributed by atoms with van der Waals surface area (Å²) in [5, 5.41) is 0. The van der Waals surface area contributed by atoms with Gasteiger partial charge in [0.05, 0.1) is 11.4 Å². The molecule has 0 amide bonds. The molecule has 4 heteroatoms. The molecule has 0 saturated carbocycles. The fourth-order valence-electron chi connectivity index (χ4n) is 10.0. The lowest BCUT2D eigenvalue weighted by Crippen LogP contribution is -2.43. The van der Waals surface area contributed by atoms with Crippen molar-refractivity contribution in [2.75, 3.05) is 9.80 Å². The van der Waals surface area contributed by atoms with Crippen LogP contribution in [0.1, 0.15) is 22.3 Å². The largest absolute Gasteiger partial charge is 0.318 e. The number of para-hydroxylation sites is 6. The van der Waals surface area contributed by atoms with E-state index in [1.54, 1.807) is 0 Å². The topological polar surface area (TPSA) is 12.5 Å². The number of hydrogen-bond acceptors (Lipinski definition) is 2. The second-order valence-corrected chi connectivity index (χ2v) is 15.0. The van der Waals surface area contributed by atoms with Gasteiger partial charge >= 0.3 is 0 Å². The second-order valence-electron chi connectivity index (χ2n) is 15.0. The van der Waals surface area contributed by atoms with Crippen molar-refractivity contribution in [1.29, 1.82) is 0 Å². The maximum absolute atomic E-state index is 2.53. The molecule has 2 aliphatic carbocycles. The zero-order chi connectivity index (χ0) is 35.7. The quantitative estimate of drug-likeness (QED) is 0.171. The Balaban J connectivity index is 0.957. The first-order valence-corrected chi connectivity index (χ1v) is 18.9. The van der Waals surface area contributed by atoms with E-state index in [2.05, 4.69) is 203 Å². The molecule has 254 valence electrons. The third kappa shape index (κ3) is 3.87. The van der Waals surface area contributed by atoms with Gasteiger partial charge in [-0.05, 0) is 83.6 Å². The number of nitrogens with zero attached hydrogens (tertiary/aromatic N) is 4. The maximum atomic E-state index is 2.53. The van der Waals surface area contributed by atoms with Crippen LogP contribution in [0.4, 0.5) is 45.5 Å². The number of fused-ring (bicyclic) bond motifs is 10. The van der Waals surface area contributed by atoms with Crippen LogP contribution < -0.4 is 19.0 Å². The van der Waals surface area contributed by atoms with Crippen molar-refractivity contribution in [3.05, 3.63) is 192 Å². The van der Waals surface area contributed by atoms with E-state index in [1.807, 2.05) is 0 Å². The van der Waals surface area contributed by atoms with Gasteiger partial charge < -0.3 is 9.80 Å². The molecule has 0 saturated heterocycles. The van der Waals surface area contributed by atoms with E-state index in [0.717, 1.165) is 0 Å². The smallest absolute Gasteiger partial charge is 0.235 e. The van der Waals surface area contributed by atoms with Gasteiger partial charge in [0.2, 0.25) is 34.2 Å². The highest BCUT2D eigenvalue weighted by molar-refractivity contribution is 6.22. The molecule has 6 aliphatic rings. The van der Waals surface area contributed by atoms with E-state index in [4.69, 9.17) is 0 Å². The Kier molecular flexibility index (Phi) is 5.99. The van der Waals surface area contributed by atoms with Crippen LogP contribution in [0, 0.1) is 13.8 Å². The lowest BCUT2D eigenvalue weighted by atomic mass is 9.91. The molecule has 2 unspecified atom stereocenters. The van der Waals surface area contributed by atoms with Crippen molar-refractivity contribution in [2.24, 2.45) is 0 Å². The van der Waals surface area contributed by atoms with E-state index >= 15 is 0 Å². The van der Waals surface area contributed by atoms with Crippen LogP contribution in [0.5, 0.6) is 0 Å². The zero-order valence-electron chi connectivity index (χ0n) is 30.1. The minimum atomic E-state index is 0.144. The van der Waals surface area contributed by atoms with Gasteiger partial charge in [-0.25, -0.2) is 0 Å². The Bertz CT molecular complexity index is 2680. The molecule has 4 aliphatic heterocycles. The first kappa shape index (κ1) is 29.8. The van der Waals surface area contributed by atoms with Crippen molar-refractivity contribution < 1.29 is 0 Å². The Hall–Kier alpha value is -6.78. The van der Waals surface area contributed by atoms with Crippen LogP contribution >= 0.6 is 0 Å². The van der Waals surface area contributed by atoms with E-state index in [0.29, 0.717) is 0 Å². The van der Waals surface area contributed by atoms with Crippen molar-refractivity contribution in [3.63, 3.8) is 0 Å². The second kappa shape index (κ2) is 10.9. The third-order valence-corrected chi connectivity index (χ3v) is 12.2.